The van der Waals surface area contributed by atoms with Crippen LogP contribution in [0, 0.1) is 18.6 Å². The molecule has 24 heavy (non-hydrogen) atoms. The Balaban J connectivity index is 1.99. The molecule has 1 aliphatic heterocycles. The van der Waals surface area contributed by atoms with Gasteiger partial charge < -0.3 is 15.3 Å². The number of nitrogens with zero attached hydrogens (tertiary/aromatic N) is 1. The largest absolute Gasteiger partial charge is 0.389 e. The summed E-state index contributed by atoms with van der Waals surface area (Å²) in [6.07, 6.45) is -0.564. The van der Waals surface area contributed by atoms with E-state index in [1.807, 2.05) is 19.1 Å². The molecule has 0 aromatic heterocycles. The summed E-state index contributed by atoms with van der Waals surface area (Å²) in [6, 6.07) is 7.63. The summed E-state index contributed by atoms with van der Waals surface area (Å²) in [5.74, 6) is -2.58. The first kappa shape index (κ1) is 16.8. The normalized spacial score (nSPS) is 14.5. The first-order valence-electron chi connectivity index (χ1n) is 7.45. The molecule has 1 aliphatic rings. The van der Waals surface area contributed by atoms with Crippen molar-refractivity contribution in [1.82, 2.24) is 4.90 Å². The second-order valence-electron chi connectivity index (χ2n) is 5.86. The lowest BCUT2D eigenvalue weighted by molar-refractivity contribution is 0.00593. The molecule has 126 valence electrons. The molecule has 2 N–H and O–H groups in total. The highest BCUT2D eigenvalue weighted by atomic mass is 31.0. The van der Waals surface area contributed by atoms with Crippen molar-refractivity contribution in [1.29, 1.82) is 0 Å². The zero-order valence-corrected chi connectivity index (χ0v) is 14.2. The molecule has 0 aliphatic carbocycles. The van der Waals surface area contributed by atoms with E-state index in [-0.39, 0.29) is 24.3 Å². The number of likely N-dealkylation sites (tertiary alicyclic amines) is 1. The van der Waals surface area contributed by atoms with Crippen LogP contribution >= 0.6 is 9.24 Å². The van der Waals surface area contributed by atoms with Crippen LogP contribution in [0.4, 0.5) is 20.2 Å². The summed E-state index contributed by atoms with van der Waals surface area (Å²) >= 11 is 0. The molecule has 0 saturated carbocycles. The number of hydrogen-bond acceptors (Lipinski definition) is 3. The number of aliphatic hydroxyl groups excluding tert-OH is 1. The van der Waals surface area contributed by atoms with Crippen molar-refractivity contribution in [3.05, 3.63) is 53.1 Å². The minimum Gasteiger partial charge on any atom is -0.389 e. The predicted octanol–water partition coefficient (Wildman–Crippen LogP) is 2.33. The molecule has 1 atom stereocenters. The van der Waals surface area contributed by atoms with Gasteiger partial charge in [0.15, 0.2) is 11.6 Å². The Hall–Kier alpha value is -2.04. The van der Waals surface area contributed by atoms with E-state index in [1.54, 1.807) is 6.07 Å². The van der Waals surface area contributed by atoms with Crippen LogP contribution in [-0.4, -0.2) is 35.1 Å². The zero-order chi connectivity index (χ0) is 17.4. The minimum absolute atomic E-state index is 0.0331. The van der Waals surface area contributed by atoms with Crippen molar-refractivity contribution in [2.24, 2.45) is 0 Å². The predicted molar refractivity (Wildman–Crippen MR) is 92.1 cm³/mol. The summed E-state index contributed by atoms with van der Waals surface area (Å²) in [4.78, 5) is 13.9. The Morgan fingerprint density at radius 1 is 1.29 bits per heavy atom. The van der Waals surface area contributed by atoms with E-state index in [1.165, 1.54) is 11.0 Å². The first-order valence-corrected chi connectivity index (χ1v) is 8.03. The molecule has 2 aromatic rings. The third kappa shape index (κ3) is 3.12. The lowest BCUT2D eigenvalue weighted by Crippen LogP contribution is -2.53. The number of aryl methyl sites for hydroxylation is 1. The van der Waals surface area contributed by atoms with Crippen molar-refractivity contribution in [3.63, 3.8) is 0 Å². The number of rotatable bonds is 3. The van der Waals surface area contributed by atoms with Crippen molar-refractivity contribution in [2.75, 3.05) is 18.4 Å². The highest BCUT2D eigenvalue weighted by Crippen LogP contribution is 2.28. The van der Waals surface area contributed by atoms with Crippen molar-refractivity contribution >= 4 is 31.8 Å². The van der Waals surface area contributed by atoms with Crippen LogP contribution in [0.2, 0.25) is 0 Å². The van der Waals surface area contributed by atoms with Crippen LogP contribution in [0.15, 0.2) is 30.3 Å². The molecule has 1 fully saturated rings. The van der Waals surface area contributed by atoms with Gasteiger partial charge in [-0.25, -0.2) is 8.78 Å². The van der Waals surface area contributed by atoms with Gasteiger partial charge in [-0.3, -0.25) is 4.79 Å². The number of carbonyl (C=O) groups is 1. The van der Waals surface area contributed by atoms with Crippen LogP contribution in [-0.2, 0) is 0 Å². The SMILES string of the molecule is Cc1ccc(Nc2c(C(=O)N3CC(O)C3)ccc(F)c2F)c(P)c1. The number of anilines is 2. The van der Waals surface area contributed by atoms with Gasteiger partial charge in [-0.1, -0.05) is 17.7 Å². The number of carbonyl (C=O) groups excluding carboxylic acids is 1. The smallest absolute Gasteiger partial charge is 0.256 e. The molecule has 3 rings (SSSR count). The number of β-amino-alcohol motifs (C(OH)–C–C–N with tert-alkyl or cyclic N) is 1. The Morgan fingerprint density at radius 3 is 2.62 bits per heavy atom. The van der Waals surface area contributed by atoms with E-state index in [2.05, 4.69) is 14.6 Å². The Kier molecular flexibility index (Phi) is 4.52. The quantitative estimate of drug-likeness (QED) is 0.836. The highest BCUT2D eigenvalue weighted by molar-refractivity contribution is 7.28. The van der Waals surface area contributed by atoms with Crippen molar-refractivity contribution in [2.45, 2.75) is 13.0 Å². The first-order chi connectivity index (χ1) is 11.4. The fraction of sp³-hybridized carbons (Fsp3) is 0.235. The third-order valence-corrected chi connectivity index (χ3v) is 4.42. The van der Waals surface area contributed by atoms with Gasteiger partial charge in [-0.05, 0) is 30.4 Å². The van der Waals surface area contributed by atoms with Gasteiger partial charge in [0.2, 0.25) is 0 Å². The van der Waals surface area contributed by atoms with Gasteiger partial charge in [-0.15, -0.1) is 9.24 Å². The molecule has 1 unspecified atom stereocenters. The summed E-state index contributed by atoms with van der Waals surface area (Å²) in [6.45, 7) is 2.30. The molecular weight excluding hydrogens is 333 g/mol. The number of nitrogens with one attached hydrogen (secondary N) is 1. The van der Waals surface area contributed by atoms with Crippen LogP contribution in [0.5, 0.6) is 0 Å². The molecule has 4 nitrogen and oxygen atoms in total. The van der Waals surface area contributed by atoms with E-state index in [0.717, 1.165) is 16.9 Å². The van der Waals surface area contributed by atoms with Crippen LogP contribution in [0.3, 0.4) is 0 Å². The molecule has 1 saturated heterocycles. The van der Waals surface area contributed by atoms with E-state index < -0.39 is 23.6 Å². The molecular formula is C17H17F2N2O2P. The van der Waals surface area contributed by atoms with E-state index >= 15 is 0 Å². The average molecular weight is 350 g/mol. The molecule has 1 amide bonds. The Labute approximate surface area is 140 Å². The lowest BCUT2D eigenvalue weighted by atomic mass is 10.1. The maximum Gasteiger partial charge on any atom is 0.256 e. The van der Waals surface area contributed by atoms with Gasteiger partial charge in [0.25, 0.3) is 5.91 Å². The highest BCUT2D eigenvalue weighted by Gasteiger charge is 2.32. The number of benzene rings is 2. The zero-order valence-electron chi connectivity index (χ0n) is 13.0. The number of amides is 1. The summed E-state index contributed by atoms with van der Waals surface area (Å²) < 4.78 is 28.0. The van der Waals surface area contributed by atoms with Crippen LogP contribution in [0.1, 0.15) is 15.9 Å². The summed E-state index contributed by atoms with van der Waals surface area (Å²) in [5.41, 5.74) is 1.42. The molecule has 2 aromatic carbocycles. The maximum absolute atomic E-state index is 14.3. The second-order valence-corrected chi connectivity index (χ2v) is 6.49. The van der Waals surface area contributed by atoms with Gasteiger partial charge in [-0.2, -0.15) is 0 Å². The third-order valence-electron chi connectivity index (χ3n) is 3.94. The number of hydrogen-bond donors (Lipinski definition) is 2. The average Bonchev–Trinajstić information content (AvgIpc) is 2.50. The lowest BCUT2D eigenvalue weighted by Gasteiger charge is -2.36. The molecule has 7 heteroatoms. The maximum atomic E-state index is 14.3. The number of halogens is 2. The van der Waals surface area contributed by atoms with Gasteiger partial charge >= 0.3 is 0 Å². The fourth-order valence-corrected chi connectivity index (χ4v) is 3.00. The molecule has 1 heterocycles. The minimum atomic E-state index is -1.10. The molecule has 0 bridgehead atoms. The van der Waals surface area contributed by atoms with Crippen molar-refractivity contribution < 1.29 is 18.7 Å². The Morgan fingerprint density at radius 2 is 2.00 bits per heavy atom. The monoisotopic (exact) mass is 350 g/mol. The topological polar surface area (TPSA) is 52.6 Å². The van der Waals surface area contributed by atoms with Gasteiger partial charge in [0, 0.05) is 18.8 Å². The van der Waals surface area contributed by atoms with E-state index in [0.29, 0.717) is 5.69 Å². The second kappa shape index (κ2) is 6.46. The molecule has 0 radical (unpaired) electrons. The fourth-order valence-electron chi connectivity index (χ4n) is 2.57. The molecule has 0 spiro atoms. The van der Waals surface area contributed by atoms with Crippen molar-refractivity contribution in [3.8, 4) is 0 Å². The Bertz CT molecular complexity index is 807. The van der Waals surface area contributed by atoms with Crippen LogP contribution in [0.25, 0.3) is 0 Å². The van der Waals surface area contributed by atoms with Crippen LogP contribution < -0.4 is 10.6 Å². The van der Waals surface area contributed by atoms with Gasteiger partial charge in [0.1, 0.15) is 0 Å². The van der Waals surface area contributed by atoms with Gasteiger partial charge in [0.05, 0.1) is 17.4 Å². The standard InChI is InChI=1S/C17H17F2N2O2P/c1-9-2-5-13(14(24)6-9)20-16-11(3-4-12(18)15(16)19)17(23)21-7-10(22)8-21/h2-6,10,20,22H,7-8,24H2,1H3. The van der Waals surface area contributed by atoms with E-state index in [9.17, 15) is 18.7 Å². The number of aliphatic hydroxyl groups is 1. The summed E-state index contributed by atoms with van der Waals surface area (Å²) in [7, 11) is 2.52. The van der Waals surface area contributed by atoms with E-state index in [4.69, 9.17) is 0 Å². The summed E-state index contributed by atoms with van der Waals surface area (Å²) in [5, 5.41) is 12.9.